The summed E-state index contributed by atoms with van der Waals surface area (Å²) in [4.78, 5) is 12.9. The third kappa shape index (κ3) is 2.09. The molecule has 8 heteroatoms. The lowest BCUT2D eigenvalue weighted by Crippen LogP contribution is -2.28. The Hall–Kier alpha value is -1.51. The molecule has 6 nitrogen and oxygen atoms in total. The fraction of sp³-hybridized carbons (Fsp3) is 0.250. The van der Waals surface area contributed by atoms with E-state index in [1.165, 1.54) is 0 Å². The Labute approximate surface area is 126 Å². The first-order valence-electron chi connectivity index (χ1n) is 6.13. The molecule has 3 aromatic heterocycles. The van der Waals surface area contributed by atoms with Crippen molar-refractivity contribution in [3.05, 3.63) is 39.5 Å². The Morgan fingerprint density at radius 3 is 3.20 bits per heavy atom. The Kier molecular flexibility index (Phi) is 2.94. The van der Waals surface area contributed by atoms with Crippen LogP contribution in [0.15, 0.2) is 26.8 Å². The van der Waals surface area contributed by atoms with Crippen LogP contribution in [0.25, 0.3) is 10.7 Å². The van der Waals surface area contributed by atoms with Crippen molar-refractivity contribution in [2.75, 3.05) is 0 Å². The molecule has 20 heavy (non-hydrogen) atoms. The van der Waals surface area contributed by atoms with Crippen LogP contribution in [0.3, 0.4) is 0 Å². The number of rotatable bonds is 2. The summed E-state index contributed by atoms with van der Waals surface area (Å²) in [6.45, 7) is 0.738. The summed E-state index contributed by atoms with van der Waals surface area (Å²) in [5.41, 5.74) is 2.19. The summed E-state index contributed by atoms with van der Waals surface area (Å²) in [6, 6.07) is 3.98. The van der Waals surface area contributed by atoms with Gasteiger partial charge in [-0.15, -0.1) is 11.3 Å². The number of halogens is 1. The molecule has 3 aromatic rings. The van der Waals surface area contributed by atoms with E-state index in [-0.39, 0.29) is 6.04 Å². The highest BCUT2D eigenvalue weighted by Crippen LogP contribution is 2.31. The maximum Gasteiger partial charge on any atom is 0.244 e. The minimum atomic E-state index is 0.0236. The lowest BCUT2D eigenvalue weighted by molar-refractivity contribution is 0.319. The monoisotopic (exact) mass is 351 g/mol. The average molecular weight is 352 g/mol. The zero-order chi connectivity index (χ0) is 13.5. The zero-order valence-electron chi connectivity index (χ0n) is 10.3. The van der Waals surface area contributed by atoms with Gasteiger partial charge in [0.1, 0.15) is 0 Å². The van der Waals surface area contributed by atoms with E-state index < -0.39 is 0 Å². The van der Waals surface area contributed by atoms with E-state index in [1.54, 1.807) is 17.7 Å². The Morgan fingerprint density at radius 2 is 2.35 bits per heavy atom. The Bertz CT molecular complexity index is 748. The van der Waals surface area contributed by atoms with Crippen molar-refractivity contribution >= 4 is 27.3 Å². The van der Waals surface area contributed by atoms with E-state index in [0.717, 1.165) is 33.0 Å². The normalized spacial score (nSPS) is 18.1. The molecule has 4 rings (SSSR count). The first-order chi connectivity index (χ1) is 9.79. The van der Waals surface area contributed by atoms with Gasteiger partial charge in [0.2, 0.25) is 11.7 Å². The molecule has 0 bridgehead atoms. The predicted octanol–water partition coefficient (Wildman–Crippen LogP) is 2.67. The van der Waals surface area contributed by atoms with Crippen LogP contribution in [0.5, 0.6) is 0 Å². The van der Waals surface area contributed by atoms with Crippen molar-refractivity contribution in [3.8, 4) is 10.7 Å². The highest BCUT2D eigenvalue weighted by molar-refractivity contribution is 9.11. The van der Waals surface area contributed by atoms with E-state index in [1.807, 2.05) is 12.1 Å². The number of nitrogens with zero attached hydrogens (tertiary/aromatic N) is 3. The van der Waals surface area contributed by atoms with Gasteiger partial charge in [0, 0.05) is 13.0 Å². The van der Waals surface area contributed by atoms with E-state index >= 15 is 0 Å². The van der Waals surface area contributed by atoms with Crippen molar-refractivity contribution in [3.63, 3.8) is 0 Å². The quantitative estimate of drug-likeness (QED) is 0.741. The first kappa shape index (κ1) is 12.2. The maximum atomic E-state index is 5.39. The summed E-state index contributed by atoms with van der Waals surface area (Å²) in [5, 5.41) is 7.43. The van der Waals surface area contributed by atoms with Crippen LogP contribution >= 0.6 is 27.3 Å². The molecule has 0 aromatic carbocycles. The highest BCUT2D eigenvalue weighted by atomic mass is 79.9. The summed E-state index contributed by atoms with van der Waals surface area (Å²) < 4.78 is 6.44. The molecule has 4 heterocycles. The minimum Gasteiger partial charge on any atom is -0.347 e. The van der Waals surface area contributed by atoms with Crippen LogP contribution in [0.4, 0.5) is 0 Å². The minimum absolute atomic E-state index is 0.0236. The number of hydrogen-bond donors (Lipinski definition) is 2. The lowest BCUT2D eigenvalue weighted by atomic mass is 10.1. The molecular formula is C12H10BrN5OS. The van der Waals surface area contributed by atoms with Gasteiger partial charge in [0.15, 0.2) is 0 Å². The van der Waals surface area contributed by atoms with Crippen LogP contribution in [-0.2, 0) is 13.0 Å². The van der Waals surface area contributed by atoms with Gasteiger partial charge in [-0.2, -0.15) is 4.98 Å². The van der Waals surface area contributed by atoms with Crippen molar-refractivity contribution in [2.45, 2.75) is 19.0 Å². The molecule has 0 aliphatic carbocycles. The predicted molar refractivity (Wildman–Crippen MR) is 77.2 cm³/mol. The number of hydrogen-bond acceptors (Lipinski definition) is 6. The molecule has 0 amide bonds. The van der Waals surface area contributed by atoms with E-state index in [2.05, 4.69) is 41.4 Å². The third-order valence-electron chi connectivity index (χ3n) is 3.26. The fourth-order valence-electron chi connectivity index (χ4n) is 2.25. The number of imidazole rings is 1. The van der Waals surface area contributed by atoms with Crippen LogP contribution < -0.4 is 5.32 Å². The second kappa shape index (κ2) is 4.80. The molecule has 2 N–H and O–H groups in total. The van der Waals surface area contributed by atoms with Crippen LogP contribution in [0.1, 0.15) is 23.3 Å². The van der Waals surface area contributed by atoms with Gasteiger partial charge >= 0.3 is 0 Å². The SMILES string of the molecule is Brc1ccc(-c2noc(C3Cc4nc[nH]c4CN3)n2)s1. The lowest BCUT2D eigenvalue weighted by Gasteiger charge is -2.19. The molecule has 1 aliphatic heterocycles. The molecule has 0 saturated heterocycles. The summed E-state index contributed by atoms with van der Waals surface area (Å²) >= 11 is 5.02. The van der Waals surface area contributed by atoms with Crippen LogP contribution in [0.2, 0.25) is 0 Å². The molecule has 0 spiro atoms. The standard InChI is InChI=1S/C12H10BrN5OS/c13-10-2-1-9(20-10)11-17-12(19-18-11)7-3-6-8(4-14-7)16-5-15-6/h1-2,5,7,14H,3-4H2,(H,15,16). The number of aromatic amines is 1. The van der Waals surface area contributed by atoms with Crippen LogP contribution in [0, 0.1) is 0 Å². The highest BCUT2D eigenvalue weighted by Gasteiger charge is 2.26. The second-order valence-electron chi connectivity index (χ2n) is 4.53. The maximum absolute atomic E-state index is 5.39. The molecular weight excluding hydrogens is 342 g/mol. The van der Waals surface area contributed by atoms with Gasteiger partial charge in [-0.05, 0) is 28.1 Å². The van der Waals surface area contributed by atoms with Gasteiger partial charge in [0.25, 0.3) is 0 Å². The molecule has 1 unspecified atom stereocenters. The number of aromatic nitrogens is 4. The second-order valence-corrected chi connectivity index (χ2v) is 6.99. The molecule has 0 saturated carbocycles. The van der Waals surface area contributed by atoms with Crippen molar-refractivity contribution in [1.29, 1.82) is 0 Å². The van der Waals surface area contributed by atoms with Gasteiger partial charge < -0.3 is 9.51 Å². The van der Waals surface area contributed by atoms with E-state index in [9.17, 15) is 0 Å². The van der Waals surface area contributed by atoms with Crippen molar-refractivity contribution in [1.82, 2.24) is 25.4 Å². The topological polar surface area (TPSA) is 79.6 Å². The van der Waals surface area contributed by atoms with E-state index in [0.29, 0.717) is 11.7 Å². The smallest absolute Gasteiger partial charge is 0.244 e. The average Bonchev–Trinajstić information content (AvgIpc) is 3.17. The van der Waals surface area contributed by atoms with Crippen LogP contribution in [-0.4, -0.2) is 20.1 Å². The first-order valence-corrected chi connectivity index (χ1v) is 7.74. The number of nitrogens with one attached hydrogen (secondary N) is 2. The number of H-pyrrole nitrogens is 1. The molecule has 1 aliphatic rings. The Morgan fingerprint density at radius 1 is 1.40 bits per heavy atom. The molecule has 0 fully saturated rings. The van der Waals surface area contributed by atoms with Gasteiger partial charge in [-0.3, -0.25) is 5.32 Å². The van der Waals surface area contributed by atoms with Gasteiger partial charge in [-0.25, -0.2) is 4.98 Å². The molecule has 1 atom stereocenters. The van der Waals surface area contributed by atoms with Gasteiger partial charge in [-0.1, -0.05) is 5.16 Å². The number of thiophene rings is 1. The van der Waals surface area contributed by atoms with Crippen molar-refractivity contribution in [2.24, 2.45) is 0 Å². The fourth-order valence-corrected chi connectivity index (χ4v) is 3.57. The largest absolute Gasteiger partial charge is 0.347 e. The summed E-state index contributed by atoms with van der Waals surface area (Å²) in [5.74, 6) is 1.24. The number of fused-ring (bicyclic) bond motifs is 1. The summed E-state index contributed by atoms with van der Waals surface area (Å²) in [6.07, 6.45) is 2.48. The van der Waals surface area contributed by atoms with Crippen molar-refractivity contribution < 1.29 is 4.52 Å². The molecule has 0 radical (unpaired) electrons. The Balaban J connectivity index is 1.60. The molecule has 102 valence electrons. The third-order valence-corrected chi connectivity index (χ3v) is 4.88. The van der Waals surface area contributed by atoms with Gasteiger partial charge in [0.05, 0.1) is 32.4 Å². The van der Waals surface area contributed by atoms with E-state index in [4.69, 9.17) is 4.52 Å². The zero-order valence-corrected chi connectivity index (χ0v) is 12.7. The summed E-state index contributed by atoms with van der Waals surface area (Å²) in [7, 11) is 0.